The number of carbonyl (C=O) groups excluding carboxylic acids is 2. The summed E-state index contributed by atoms with van der Waals surface area (Å²) in [6.45, 7) is 1.99. The lowest BCUT2D eigenvalue weighted by Crippen LogP contribution is -2.17. The molecule has 0 radical (unpaired) electrons. The van der Waals surface area contributed by atoms with Crippen LogP contribution in [-0.2, 0) is 19.1 Å². The summed E-state index contributed by atoms with van der Waals surface area (Å²) in [5.41, 5.74) is -0.0575. The Morgan fingerprint density at radius 1 is 0.880 bits per heavy atom. The summed E-state index contributed by atoms with van der Waals surface area (Å²) in [7, 11) is 0.184. The van der Waals surface area contributed by atoms with E-state index in [9.17, 15) is 9.59 Å². The zero-order valence-electron chi connectivity index (χ0n) is 14.4. The highest BCUT2D eigenvalue weighted by Crippen LogP contribution is 2.44. The van der Waals surface area contributed by atoms with Crippen molar-refractivity contribution in [2.75, 3.05) is 20.9 Å². The van der Waals surface area contributed by atoms with Crippen molar-refractivity contribution < 1.29 is 19.1 Å². The molecule has 5 nitrogen and oxygen atoms in total. The first kappa shape index (κ1) is 18.7. The second-order valence-electron chi connectivity index (χ2n) is 5.27. The number of nitrogens with zero attached hydrogens (tertiary/aromatic N) is 1. The molecule has 0 heterocycles. The average molecular weight is 357 g/mol. The van der Waals surface area contributed by atoms with Crippen LogP contribution in [0.4, 0.5) is 0 Å². The number of carbonyl (C=O) groups is 2. The Bertz CT molecular complexity index is 786. The highest BCUT2D eigenvalue weighted by molar-refractivity contribution is 7.80. The molecule has 0 fully saturated rings. The first-order valence-corrected chi connectivity index (χ1v) is 9.79. The first-order chi connectivity index (χ1) is 12.0. The highest BCUT2D eigenvalue weighted by atomic mass is 31.2. The van der Waals surface area contributed by atoms with Gasteiger partial charge in [0.15, 0.2) is 5.70 Å². The number of benzene rings is 2. The van der Waals surface area contributed by atoms with Gasteiger partial charge in [-0.1, -0.05) is 60.7 Å². The van der Waals surface area contributed by atoms with Gasteiger partial charge in [-0.25, -0.2) is 9.59 Å². The molecule has 130 valence electrons. The molecule has 0 unspecified atom stereocenters. The zero-order valence-corrected chi connectivity index (χ0v) is 15.3. The standard InChI is InChI=1S/C19H20NO4P/c1-23-18(21)14-17(19(22)24-2)20-25(3,15-10-6-4-7-11-15)16-12-8-5-9-13-16/h4-14H,1-3H3/b17-14-. The van der Waals surface area contributed by atoms with Crippen LogP contribution in [0, 0.1) is 0 Å². The van der Waals surface area contributed by atoms with Crippen molar-refractivity contribution in [3.63, 3.8) is 0 Å². The molecular weight excluding hydrogens is 337 g/mol. The van der Waals surface area contributed by atoms with Gasteiger partial charge in [0, 0.05) is 7.05 Å². The van der Waals surface area contributed by atoms with Crippen LogP contribution in [0.1, 0.15) is 0 Å². The predicted molar refractivity (Wildman–Crippen MR) is 99.5 cm³/mol. The second kappa shape index (κ2) is 8.45. The normalized spacial score (nSPS) is 11.6. The third-order valence-corrected chi connectivity index (χ3v) is 6.90. The van der Waals surface area contributed by atoms with E-state index in [0.717, 1.165) is 16.7 Å². The molecule has 0 aromatic heterocycles. The molecule has 2 rings (SSSR count). The maximum absolute atomic E-state index is 12.1. The van der Waals surface area contributed by atoms with Crippen molar-refractivity contribution >= 4 is 29.6 Å². The fourth-order valence-corrected chi connectivity index (χ4v) is 4.93. The number of esters is 2. The highest BCUT2D eigenvalue weighted by Gasteiger charge is 2.22. The lowest BCUT2D eigenvalue weighted by Gasteiger charge is -2.21. The van der Waals surface area contributed by atoms with E-state index in [4.69, 9.17) is 9.48 Å². The van der Waals surface area contributed by atoms with Crippen LogP contribution < -0.4 is 10.6 Å². The van der Waals surface area contributed by atoms with Crippen molar-refractivity contribution in [1.82, 2.24) is 0 Å². The monoisotopic (exact) mass is 357 g/mol. The van der Waals surface area contributed by atoms with Gasteiger partial charge in [-0.2, -0.15) is 0 Å². The van der Waals surface area contributed by atoms with Crippen LogP contribution in [0.15, 0.2) is 77.2 Å². The number of rotatable bonds is 5. The summed E-state index contributed by atoms with van der Waals surface area (Å²) in [4.78, 5) is 23.8. The smallest absolute Gasteiger partial charge is 0.356 e. The average Bonchev–Trinajstić information content (AvgIpc) is 2.67. The third kappa shape index (κ3) is 4.46. The third-order valence-electron chi connectivity index (χ3n) is 3.68. The Morgan fingerprint density at radius 3 is 1.76 bits per heavy atom. The molecule has 0 N–H and O–H groups in total. The van der Waals surface area contributed by atoms with Crippen LogP contribution in [0.2, 0.25) is 0 Å². The molecule has 0 bridgehead atoms. The summed E-state index contributed by atoms with van der Waals surface area (Å²) in [6, 6.07) is 19.4. The molecule has 2 aromatic carbocycles. The van der Waals surface area contributed by atoms with Gasteiger partial charge in [0.25, 0.3) is 0 Å². The minimum atomic E-state index is -2.32. The molecule has 0 saturated carbocycles. The van der Waals surface area contributed by atoms with E-state index in [0.29, 0.717) is 0 Å². The molecule has 25 heavy (non-hydrogen) atoms. The lowest BCUT2D eigenvalue weighted by atomic mass is 10.4. The fourth-order valence-electron chi connectivity index (χ4n) is 2.32. The number of hydrogen-bond acceptors (Lipinski definition) is 5. The van der Waals surface area contributed by atoms with E-state index in [2.05, 4.69) is 4.74 Å². The van der Waals surface area contributed by atoms with E-state index in [1.807, 2.05) is 67.3 Å². The quantitative estimate of drug-likeness (QED) is 0.469. The molecule has 0 atom stereocenters. The van der Waals surface area contributed by atoms with Gasteiger partial charge in [-0.05, 0) is 17.3 Å². The SMILES string of the molecule is COC(=O)/C=C(\N=P(C)(c1ccccc1)c1ccccc1)C(=O)OC. The number of ether oxygens (including phenoxy) is 2. The van der Waals surface area contributed by atoms with Gasteiger partial charge >= 0.3 is 11.9 Å². The van der Waals surface area contributed by atoms with Gasteiger partial charge in [0.2, 0.25) is 0 Å². The number of methoxy groups -OCH3 is 2. The van der Waals surface area contributed by atoms with Crippen molar-refractivity contribution in [2.24, 2.45) is 4.74 Å². The molecule has 2 aromatic rings. The minimum absolute atomic E-state index is 0.0575. The van der Waals surface area contributed by atoms with Crippen LogP contribution in [0.25, 0.3) is 0 Å². The Kier molecular flexibility index (Phi) is 6.31. The Balaban J connectivity index is 2.73. The summed E-state index contributed by atoms with van der Waals surface area (Å²) >= 11 is 0. The maximum Gasteiger partial charge on any atom is 0.356 e. The zero-order chi connectivity index (χ0) is 18.3. The molecular formula is C19H20NO4P. The largest absolute Gasteiger partial charge is 0.466 e. The van der Waals surface area contributed by atoms with Crippen molar-refractivity contribution in [3.05, 3.63) is 72.4 Å². The van der Waals surface area contributed by atoms with Gasteiger partial charge in [0.05, 0.1) is 20.3 Å². The van der Waals surface area contributed by atoms with Crippen LogP contribution >= 0.6 is 7.05 Å². The Labute approximate surface area is 147 Å². The summed E-state index contributed by atoms with van der Waals surface area (Å²) in [5.74, 6) is -1.33. The van der Waals surface area contributed by atoms with E-state index in [1.165, 1.54) is 14.2 Å². The van der Waals surface area contributed by atoms with E-state index in [1.54, 1.807) is 0 Å². The first-order valence-electron chi connectivity index (χ1n) is 7.60. The van der Waals surface area contributed by atoms with Crippen LogP contribution in [-0.4, -0.2) is 32.8 Å². The van der Waals surface area contributed by atoms with E-state index < -0.39 is 19.0 Å². The van der Waals surface area contributed by atoms with E-state index >= 15 is 0 Å². The summed E-state index contributed by atoms with van der Waals surface area (Å²) in [5, 5.41) is 1.97. The number of hydrogen-bond donors (Lipinski definition) is 0. The van der Waals surface area contributed by atoms with E-state index in [-0.39, 0.29) is 5.70 Å². The second-order valence-corrected chi connectivity index (χ2v) is 8.43. The van der Waals surface area contributed by atoms with Gasteiger partial charge in [0.1, 0.15) is 0 Å². The van der Waals surface area contributed by atoms with Gasteiger partial charge in [-0.15, -0.1) is 0 Å². The topological polar surface area (TPSA) is 65.0 Å². The molecule has 0 aliphatic carbocycles. The summed E-state index contributed by atoms with van der Waals surface area (Å²) < 4.78 is 14.1. The molecule has 0 amide bonds. The minimum Gasteiger partial charge on any atom is -0.466 e. The van der Waals surface area contributed by atoms with Crippen molar-refractivity contribution in [2.45, 2.75) is 0 Å². The van der Waals surface area contributed by atoms with Gasteiger partial charge in [-0.3, -0.25) is 4.74 Å². The van der Waals surface area contributed by atoms with Crippen LogP contribution in [0.5, 0.6) is 0 Å². The van der Waals surface area contributed by atoms with Crippen molar-refractivity contribution in [1.29, 1.82) is 0 Å². The fraction of sp³-hybridized carbons (Fsp3) is 0.158. The molecule has 6 heteroatoms. The molecule has 0 spiro atoms. The Morgan fingerprint density at radius 2 is 1.36 bits per heavy atom. The molecule has 0 aliphatic rings. The Hall–Kier alpha value is -2.65. The molecule has 0 aliphatic heterocycles. The van der Waals surface area contributed by atoms with Crippen molar-refractivity contribution in [3.8, 4) is 0 Å². The van der Waals surface area contributed by atoms with Gasteiger partial charge < -0.3 is 9.47 Å². The predicted octanol–water partition coefficient (Wildman–Crippen LogP) is 2.70. The molecule has 0 saturated heterocycles. The lowest BCUT2D eigenvalue weighted by molar-refractivity contribution is -0.138. The maximum atomic E-state index is 12.1. The van der Waals surface area contributed by atoms with Crippen LogP contribution in [0.3, 0.4) is 0 Å². The summed E-state index contributed by atoms with van der Waals surface area (Å²) in [6.07, 6.45) is 1.07.